The zero-order chi connectivity index (χ0) is 31.7. The Bertz CT molecular complexity index is 968. The summed E-state index contributed by atoms with van der Waals surface area (Å²) in [6.45, 7) is 34.8. The van der Waals surface area contributed by atoms with Crippen LogP contribution in [-0.4, -0.2) is 12.1 Å². The SMILES string of the molecule is Cc1ccc(C(CC(C)(C)C)C(C)(C)CCC(C)(C)CC(C)(C(=O)OC2CCC(C(C)(C)C)CC2)C(C)(C)C)cc1. The predicted molar refractivity (Wildman–Crippen MR) is 178 cm³/mol. The summed E-state index contributed by atoms with van der Waals surface area (Å²) in [5.41, 5.74) is 2.79. The van der Waals surface area contributed by atoms with Gasteiger partial charge in [0, 0.05) is 0 Å². The lowest BCUT2D eigenvalue weighted by atomic mass is 9.58. The van der Waals surface area contributed by atoms with E-state index in [0.29, 0.717) is 11.3 Å². The molecule has 0 aromatic heterocycles. The van der Waals surface area contributed by atoms with Crippen molar-refractivity contribution in [2.24, 2.45) is 38.4 Å². The average molecular weight is 569 g/mol. The van der Waals surface area contributed by atoms with Crippen molar-refractivity contribution in [2.45, 2.75) is 167 Å². The predicted octanol–water partition coefficient (Wildman–Crippen LogP) is 11.9. The van der Waals surface area contributed by atoms with E-state index in [1.165, 1.54) is 11.1 Å². The summed E-state index contributed by atoms with van der Waals surface area (Å²) >= 11 is 0. The van der Waals surface area contributed by atoms with Gasteiger partial charge in [-0.25, -0.2) is 0 Å². The minimum absolute atomic E-state index is 0.0156. The van der Waals surface area contributed by atoms with Crippen molar-refractivity contribution in [3.8, 4) is 0 Å². The molecule has 1 fully saturated rings. The van der Waals surface area contributed by atoms with Crippen LogP contribution in [0.3, 0.4) is 0 Å². The molecule has 2 rings (SSSR count). The van der Waals surface area contributed by atoms with Crippen LogP contribution in [-0.2, 0) is 9.53 Å². The third-order valence-electron chi connectivity index (χ3n) is 10.8. The van der Waals surface area contributed by atoms with Gasteiger partial charge in [-0.15, -0.1) is 0 Å². The van der Waals surface area contributed by atoms with Crippen LogP contribution in [0.1, 0.15) is 165 Å². The zero-order valence-corrected chi connectivity index (χ0v) is 30.0. The highest BCUT2D eigenvalue weighted by Gasteiger charge is 2.50. The van der Waals surface area contributed by atoms with Crippen molar-refractivity contribution in [1.82, 2.24) is 0 Å². The van der Waals surface area contributed by atoms with Crippen LogP contribution in [0.2, 0.25) is 0 Å². The Hall–Kier alpha value is -1.31. The number of carbonyl (C=O) groups excluding carboxylic acids is 1. The highest BCUT2D eigenvalue weighted by atomic mass is 16.5. The molecule has 0 radical (unpaired) electrons. The van der Waals surface area contributed by atoms with Gasteiger partial charge in [0.15, 0.2) is 0 Å². The summed E-state index contributed by atoms with van der Waals surface area (Å²) in [7, 11) is 0. The van der Waals surface area contributed by atoms with Gasteiger partial charge in [0.25, 0.3) is 0 Å². The largest absolute Gasteiger partial charge is 0.462 e. The van der Waals surface area contributed by atoms with E-state index in [1.54, 1.807) is 0 Å². The van der Waals surface area contributed by atoms with Gasteiger partial charge >= 0.3 is 5.97 Å². The summed E-state index contributed by atoms with van der Waals surface area (Å²) in [5.74, 6) is 1.22. The van der Waals surface area contributed by atoms with Crippen molar-refractivity contribution in [3.63, 3.8) is 0 Å². The van der Waals surface area contributed by atoms with Crippen LogP contribution in [0.25, 0.3) is 0 Å². The van der Waals surface area contributed by atoms with Crippen LogP contribution >= 0.6 is 0 Å². The van der Waals surface area contributed by atoms with Gasteiger partial charge in [-0.1, -0.05) is 120 Å². The van der Waals surface area contributed by atoms with Gasteiger partial charge in [0.2, 0.25) is 0 Å². The number of aryl methyl sites for hydroxylation is 1. The molecule has 1 aliphatic rings. The molecule has 0 saturated heterocycles. The first-order valence-corrected chi connectivity index (χ1v) is 16.6. The third kappa shape index (κ3) is 10.1. The maximum absolute atomic E-state index is 14.0. The number of benzene rings is 1. The first-order chi connectivity index (χ1) is 18.4. The number of esters is 1. The fourth-order valence-corrected chi connectivity index (χ4v) is 7.11. The molecule has 2 atom stereocenters. The van der Waals surface area contributed by atoms with Gasteiger partial charge in [-0.05, 0) is 110 Å². The average Bonchev–Trinajstić information content (AvgIpc) is 2.80. The van der Waals surface area contributed by atoms with E-state index >= 15 is 0 Å². The Balaban J connectivity index is 2.18. The zero-order valence-electron chi connectivity index (χ0n) is 30.0. The summed E-state index contributed by atoms with van der Waals surface area (Å²) < 4.78 is 6.36. The molecule has 0 bridgehead atoms. The van der Waals surface area contributed by atoms with E-state index in [4.69, 9.17) is 4.74 Å². The molecule has 2 nitrogen and oxygen atoms in total. The minimum atomic E-state index is -0.538. The van der Waals surface area contributed by atoms with E-state index in [1.807, 2.05) is 0 Å². The van der Waals surface area contributed by atoms with E-state index in [-0.39, 0.29) is 33.7 Å². The van der Waals surface area contributed by atoms with Crippen molar-refractivity contribution >= 4 is 5.97 Å². The van der Waals surface area contributed by atoms with Crippen LogP contribution in [0.15, 0.2) is 24.3 Å². The molecule has 41 heavy (non-hydrogen) atoms. The van der Waals surface area contributed by atoms with Gasteiger partial charge in [-0.2, -0.15) is 0 Å². The first-order valence-electron chi connectivity index (χ1n) is 16.6. The van der Waals surface area contributed by atoms with E-state index in [2.05, 4.69) is 128 Å². The highest BCUT2D eigenvalue weighted by Crippen LogP contribution is 2.52. The molecule has 0 N–H and O–H groups in total. The Kier molecular flexibility index (Phi) is 11.1. The standard InChI is InChI=1S/C39H68O2/c1-28-16-18-29(19-17-28)32(26-34(2,3)4)38(13,14)25-24-37(11,12)27-39(15,36(8,9)10)33(40)41-31-22-20-30(21-23-31)35(5,6)7/h16-19,30-32H,20-27H2,1-15H3. The topological polar surface area (TPSA) is 26.3 Å². The highest BCUT2D eigenvalue weighted by molar-refractivity contribution is 5.77. The van der Waals surface area contributed by atoms with Crippen molar-refractivity contribution < 1.29 is 9.53 Å². The Morgan fingerprint density at radius 3 is 1.73 bits per heavy atom. The molecule has 2 heteroatoms. The molecule has 2 unspecified atom stereocenters. The van der Waals surface area contributed by atoms with E-state index in [9.17, 15) is 4.79 Å². The quantitative estimate of drug-likeness (QED) is 0.262. The van der Waals surface area contributed by atoms with Crippen molar-refractivity contribution in [3.05, 3.63) is 35.4 Å². The van der Waals surface area contributed by atoms with Crippen LogP contribution < -0.4 is 0 Å². The summed E-state index contributed by atoms with van der Waals surface area (Å²) in [5, 5.41) is 0. The van der Waals surface area contributed by atoms with Crippen LogP contribution in [0.5, 0.6) is 0 Å². The van der Waals surface area contributed by atoms with Gasteiger partial charge in [0.1, 0.15) is 6.10 Å². The van der Waals surface area contributed by atoms with Crippen molar-refractivity contribution in [2.75, 3.05) is 0 Å². The fourth-order valence-electron chi connectivity index (χ4n) is 7.11. The minimum Gasteiger partial charge on any atom is -0.462 e. The van der Waals surface area contributed by atoms with Crippen molar-refractivity contribution in [1.29, 1.82) is 0 Å². The Labute approximate surface area is 256 Å². The van der Waals surface area contributed by atoms with Crippen LogP contribution in [0, 0.1) is 45.3 Å². The molecule has 236 valence electrons. The molecule has 1 saturated carbocycles. The first kappa shape index (κ1) is 35.9. The van der Waals surface area contributed by atoms with Crippen LogP contribution in [0.4, 0.5) is 0 Å². The molecular formula is C39H68O2. The monoisotopic (exact) mass is 569 g/mol. The number of ether oxygens (including phenoxy) is 1. The molecule has 0 spiro atoms. The smallest absolute Gasteiger partial charge is 0.312 e. The Morgan fingerprint density at radius 2 is 1.29 bits per heavy atom. The maximum atomic E-state index is 14.0. The molecule has 1 aliphatic carbocycles. The second kappa shape index (κ2) is 12.7. The summed E-state index contributed by atoms with van der Waals surface area (Å²) in [4.78, 5) is 14.0. The molecule has 0 amide bonds. The molecule has 1 aromatic carbocycles. The fraction of sp³-hybridized carbons (Fsp3) is 0.821. The second-order valence-corrected chi connectivity index (χ2v) is 18.9. The lowest BCUT2D eigenvalue weighted by Crippen LogP contribution is -2.46. The number of carbonyl (C=O) groups is 1. The second-order valence-electron chi connectivity index (χ2n) is 18.9. The molecule has 1 aromatic rings. The maximum Gasteiger partial charge on any atom is 0.312 e. The third-order valence-corrected chi connectivity index (χ3v) is 10.8. The van der Waals surface area contributed by atoms with Gasteiger partial charge in [0.05, 0.1) is 5.41 Å². The number of hydrogen-bond acceptors (Lipinski definition) is 2. The number of hydrogen-bond donors (Lipinski definition) is 0. The number of rotatable bonds is 10. The molecule has 0 heterocycles. The molecular weight excluding hydrogens is 500 g/mol. The van der Waals surface area contributed by atoms with Gasteiger partial charge < -0.3 is 4.74 Å². The van der Waals surface area contributed by atoms with E-state index < -0.39 is 5.41 Å². The summed E-state index contributed by atoms with van der Waals surface area (Å²) in [6, 6.07) is 9.22. The van der Waals surface area contributed by atoms with Gasteiger partial charge in [-0.3, -0.25) is 4.79 Å². The Morgan fingerprint density at radius 1 is 0.780 bits per heavy atom. The lowest BCUT2D eigenvalue weighted by Gasteiger charge is -2.46. The summed E-state index contributed by atoms with van der Waals surface area (Å²) in [6.07, 6.45) is 8.59. The molecule has 0 aliphatic heterocycles. The lowest BCUT2D eigenvalue weighted by molar-refractivity contribution is -0.173. The van der Waals surface area contributed by atoms with E-state index in [0.717, 1.165) is 57.3 Å². The normalized spacial score (nSPS) is 21.7.